The van der Waals surface area contributed by atoms with Crippen LogP contribution in [0.5, 0.6) is 0 Å². The monoisotopic (exact) mass is 261 g/mol. The quantitative estimate of drug-likeness (QED) is 0.904. The lowest BCUT2D eigenvalue weighted by Gasteiger charge is -2.20. The Morgan fingerprint density at radius 2 is 2.00 bits per heavy atom. The molecule has 1 saturated heterocycles. The van der Waals surface area contributed by atoms with E-state index in [-0.39, 0.29) is 12.2 Å². The molecule has 4 atom stereocenters. The van der Waals surface area contributed by atoms with Crippen LogP contribution in [0.25, 0.3) is 0 Å². The molecule has 0 bridgehead atoms. The molecule has 4 nitrogen and oxygen atoms in total. The highest BCUT2D eigenvalue weighted by molar-refractivity contribution is 5.68. The van der Waals surface area contributed by atoms with Gasteiger partial charge in [-0.3, -0.25) is 0 Å². The smallest absolute Gasteiger partial charge is 0.410 e. The summed E-state index contributed by atoms with van der Waals surface area (Å²) in [5, 5.41) is 9.54. The number of likely N-dealkylation sites (tertiary alicyclic amines) is 1. The van der Waals surface area contributed by atoms with Crippen molar-refractivity contribution >= 4 is 6.09 Å². The van der Waals surface area contributed by atoms with Gasteiger partial charge in [0.1, 0.15) is 6.61 Å². The highest BCUT2D eigenvalue weighted by Gasteiger charge is 2.58. The zero-order valence-electron chi connectivity index (χ0n) is 11.0. The van der Waals surface area contributed by atoms with Crippen LogP contribution in [0.15, 0.2) is 30.3 Å². The second-order valence-electron chi connectivity index (χ2n) is 5.59. The zero-order chi connectivity index (χ0) is 13.4. The maximum atomic E-state index is 11.9. The average molecular weight is 261 g/mol. The second kappa shape index (κ2) is 4.85. The molecule has 1 N–H and O–H groups in total. The molecule has 0 spiro atoms. The number of hydrogen-bond acceptors (Lipinski definition) is 3. The first-order chi connectivity index (χ1) is 9.16. The highest BCUT2D eigenvalue weighted by atomic mass is 16.6. The van der Waals surface area contributed by atoms with Crippen LogP contribution in [0.3, 0.4) is 0 Å². The van der Waals surface area contributed by atoms with Crippen LogP contribution in [0.1, 0.15) is 12.5 Å². The minimum Gasteiger partial charge on any atom is -0.445 e. The Balaban J connectivity index is 1.46. The molecule has 2 aliphatic rings. The minimum absolute atomic E-state index is 0.236. The zero-order valence-corrected chi connectivity index (χ0v) is 11.0. The summed E-state index contributed by atoms with van der Waals surface area (Å²) >= 11 is 0. The Bertz CT molecular complexity index is 448. The highest BCUT2D eigenvalue weighted by Crippen LogP contribution is 2.53. The number of hydrogen-bond donors (Lipinski definition) is 1. The number of fused-ring (bicyclic) bond motifs is 1. The van der Waals surface area contributed by atoms with Crippen molar-refractivity contribution in [2.24, 2.45) is 17.8 Å². The maximum absolute atomic E-state index is 11.9. The van der Waals surface area contributed by atoms with Crippen molar-refractivity contribution < 1.29 is 14.6 Å². The van der Waals surface area contributed by atoms with Crippen molar-refractivity contribution in [1.29, 1.82) is 0 Å². The number of carbonyl (C=O) groups is 1. The molecule has 1 amide bonds. The lowest BCUT2D eigenvalue weighted by atomic mass is 10.2. The first kappa shape index (κ1) is 12.5. The molecular formula is C15H19NO3. The van der Waals surface area contributed by atoms with Crippen LogP contribution in [0, 0.1) is 17.8 Å². The fraction of sp³-hybridized carbons (Fsp3) is 0.533. The van der Waals surface area contributed by atoms with Gasteiger partial charge in [0.2, 0.25) is 0 Å². The van der Waals surface area contributed by atoms with Gasteiger partial charge in [0, 0.05) is 13.1 Å². The third kappa shape index (κ3) is 2.45. The Morgan fingerprint density at radius 1 is 1.37 bits per heavy atom. The SMILES string of the molecule is C[C@@H](O)C1[C@H]2CN(C(=O)OCc3ccccc3)C[C@@H]12. The molecule has 0 radical (unpaired) electrons. The maximum Gasteiger partial charge on any atom is 0.410 e. The fourth-order valence-corrected chi connectivity index (χ4v) is 3.25. The van der Waals surface area contributed by atoms with Gasteiger partial charge < -0.3 is 14.7 Å². The first-order valence-electron chi connectivity index (χ1n) is 6.80. The molecule has 1 aliphatic heterocycles. The van der Waals surface area contributed by atoms with Crippen LogP contribution >= 0.6 is 0 Å². The topological polar surface area (TPSA) is 49.8 Å². The van der Waals surface area contributed by atoms with Gasteiger partial charge >= 0.3 is 6.09 Å². The molecule has 1 aromatic carbocycles. The summed E-state index contributed by atoms with van der Waals surface area (Å²) in [6, 6.07) is 9.69. The van der Waals surface area contributed by atoms with Gasteiger partial charge in [-0.1, -0.05) is 30.3 Å². The van der Waals surface area contributed by atoms with Gasteiger partial charge in [-0.25, -0.2) is 4.79 Å². The normalized spacial score (nSPS) is 29.8. The summed E-state index contributed by atoms with van der Waals surface area (Å²) < 4.78 is 5.30. The summed E-state index contributed by atoms with van der Waals surface area (Å²) in [4.78, 5) is 13.7. The predicted octanol–water partition coefficient (Wildman–Crippen LogP) is 1.88. The summed E-state index contributed by atoms with van der Waals surface area (Å²) in [6.45, 7) is 3.62. The van der Waals surface area contributed by atoms with Crippen LogP contribution in [0.4, 0.5) is 4.79 Å². The number of amides is 1. The molecule has 1 saturated carbocycles. The molecule has 2 fully saturated rings. The van der Waals surface area contributed by atoms with E-state index in [0.29, 0.717) is 24.4 Å². The number of carbonyl (C=O) groups excluding carboxylic acids is 1. The standard InChI is InChI=1S/C15H19NO3/c1-10(17)14-12-7-16(8-13(12)14)15(18)19-9-11-5-3-2-4-6-11/h2-6,10,12-14,17H,7-9H2,1H3/t10-,12-,13+,14?/m1/s1. The number of rotatable bonds is 3. The third-order valence-corrected chi connectivity index (χ3v) is 4.28. The molecule has 1 aliphatic carbocycles. The Kier molecular flexibility index (Phi) is 3.19. The van der Waals surface area contributed by atoms with Crippen LogP contribution in [-0.4, -0.2) is 35.3 Å². The lowest BCUT2D eigenvalue weighted by molar-refractivity contribution is 0.0906. The Hall–Kier alpha value is -1.55. The molecule has 19 heavy (non-hydrogen) atoms. The van der Waals surface area contributed by atoms with E-state index in [1.165, 1.54) is 0 Å². The van der Waals surface area contributed by atoms with Crippen molar-refractivity contribution in [1.82, 2.24) is 4.90 Å². The summed E-state index contributed by atoms with van der Waals surface area (Å²) in [6.07, 6.45) is -0.488. The molecule has 1 heterocycles. The van der Waals surface area contributed by atoms with Gasteiger partial charge in [-0.2, -0.15) is 0 Å². The molecule has 3 rings (SSSR count). The van der Waals surface area contributed by atoms with Gasteiger partial charge in [0.05, 0.1) is 6.10 Å². The predicted molar refractivity (Wildman–Crippen MR) is 70.4 cm³/mol. The van der Waals surface area contributed by atoms with Crippen LogP contribution in [0.2, 0.25) is 0 Å². The summed E-state index contributed by atoms with van der Waals surface area (Å²) in [5.41, 5.74) is 1.00. The lowest BCUT2D eigenvalue weighted by Crippen LogP contribution is -2.33. The Labute approximate surface area is 113 Å². The minimum atomic E-state index is -0.252. The molecule has 0 aromatic heterocycles. The van der Waals surface area contributed by atoms with Gasteiger partial charge in [0.15, 0.2) is 0 Å². The average Bonchev–Trinajstić information content (AvgIpc) is 2.93. The van der Waals surface area contributed by atoms with Crippen molar-refractivity contribution in [2.75, 3.05) is 13.1 Å². The molecule has 4 heteroatoms. The second-order valence-corrected chi connectivity index (χ2v) is 5.59. The van der Waals surface area contributed by atoms with Gasteiger partial charge in [-0.15, -0.1) is 0 Å². The van der Waals surface area contributed by atoms with E-state index in [9.17, 15) is 9.90 Å². The van der Waals surface area contributed by atoms with Crippen molar-refractivity contribution in [3.8, 4) is 0 Å². The Morgan fingerprint density at radius 3 is 2.58 bits per heavy atom. The van der Waals surface area contributed by atoms with E-state index in [1.807, 2.05) is 37.3 Å². The van der Waals surface area contributed by atoms with E-state index >= 15 is 0 Å². The van der Waals surface area contributed by atoms with E-state index in [1.54, 1.807) is 4.90 Å². The first-order valence-corrected chi connectivity index (χ1v) is 6.80. The van der Waals surface area contributed by atoms with Crippen LogP contribution < -0.4 is 0 Å². The van der Waals surface area contributed by atoms with E-state index < -0.39 is 0 Å². The number of aliphatic hydroxyl groups excluding tert-OH is 1. The van der Waals surface area contributed by atoms with Crippen molar-refractivity contribution in [2.45, 2.75) is 19.6 Å². The van der Waals surface area contributed by atoms with E-state index in [2.05, 4.69) is 0 Å². The third-order valence-electron chi connectivity index (χ3n) is 4.28. The molecule has 1 unspecified atom stereocenters. The molecule has 102 valence electrons. The van der Waals surface area contributed by atoms with Crippen molar-refractivity contribution in [3.05, 3.63) is 35.9 Å². The van der Waals surface area contributed by atoms with E-state index in [4.69, 9.17) is 4.74 Å². The van der Waals surface area contributed by atoms with Crippen molar-refractivity contribution in [3.63, 3.8) is 0 Å². The van der Waals surface area contributed by atoms with Crippen LogP contribution in [-0.2, 0) is 11.3 Å². The van der Waals surface area contributed by atoms with Gasteiger partial charge in [-0.05, 0) is 30.2 Å². The number of aliphatic hydroxyl groups is 1. The molecular weight excluding hydrogens is 242 g/mol. The van der Waals surface area contributed by atoms with E-state index in [0.717, 1.165) is 18.7 Å². The summed E-state index contributed by atoms with van der Waals surface area (Å²) in [5.74, 6) is 1.34. The number of piperidine rings is 1. The summed E-state index contributed by atoms with van der Waals surface area (Å²) in [7, 11) is 0. The number of nitrogens with zero attached hydrogens (tertiary/aromatic N) is 1. The number of ether oxygens (including phenoxy) is 1. The fourth-order valence-electron chi connectivity index (χ4n) is 3.25. The number of benzene rings is 1. The van der Waals surface area contributed by atoms with Gasteiger partial charge in [0.25, 0.3) is 0 Å². The largest absolute Gasteiger partial charge is 0.445 e. The molecule has 1 aromatic rings.